The molecule has 0 aliphatic carbocycles. The molecule has 0 aromatic heterocycles. The molecular formula is H11GaIn2P2. The monoisotopic (exact) mass is 372 g/mol. The van der Waals surface area contributed by atoms with Crippen molar-refractivity contribution in [3.8, 4) is 0 Å². The first-order valence-electron chi connectivity index (χ1n) is 0.789. The van der Waals surface area contributed by atoms with Crippen molar-refractivity contribution in [1.29, 1.82) is 0 Å². The van der Waals surface area contributed by atoms with Crippen molar-refractivity contribution >= 4 is 84.0 Å². The Bertz CT molecular complexity index is 7.61. The summed E-state index contributed by atoms with van der Waals surface area (Å²) in [6.07, 6.45) is 0. The Labute approximate surface area is 82.6 Å². The molecule has 30 valence electrons. The summed E-state index contributed by atoms with van der Waals surface area (Å²) in [5.74, 6) is 0. The zero-order valence-corrected chi connectivity index (χ0v) is 9.94. The number of hydrogen-bond acceptors (Lipinski definition) is 0. The van der Waals surface area contributed by atoms with E-state index in [1.807, 2.05) is 0 Å². The Balaban J connectivity index is -0.0000000200. The van der Waals surface area contributed by atoms with E-state index in [-0.39, 0.29) is 45.6 Å². The number of hydrogen-bond donors (Lipinski definition) is 0. The third kappa shape index (κ3) is 18.9. The molecule has 0 spiro atoms. The fourth-order valence-corrected chi connectivity index (χ4v) is 0. The van der Waals surface area contributed by atoms with Gasteiger partial charge in [-0.15, -0.1) is 0 Å². The summed E-state index contributed by atoms with van der Waals surface area (Å²) in [4.78, 5) is 0. The summed E-state index contributed by atoms with van der Waals surface area (Å²) in [6, 6.07) is 0. The Hall–Kier alpha value is 3.24. The van der Waals surface area contributed by atoms with Gasteiger partial charge in [-0.05, 0) is 0 Å². The van der Waals surface area contributed by atoms with Crippen LogP contribution >= 0.6 is 14.5 Å². The van der Waals surface area contributed by atoms with Gasteiger partial charge in [0.05, 0.1) is 0 Å². The van der Waals surface area contributed by atoms with Crippen LogP contribution in [0.2, 0.25) is 0 Å². The molecule has 5 heavy (non-hydrogen) atoms. The molecule has 0 bridgehead atoms. The molecule has 0 nitrogen and oxygen atoms in total. The second-order valence-corrected chi connectivity index (χ2v) is 17.4. The average molecular weight is 372 g/mol. The van der Waals surface area contributed by atoms with Crippen LogP contribution in [-0.4, -0.2) is 69.4 Å². The van der Waals surface area contributed by atoms with Crippen LogP contribution in [0, 0.1) is 0 Å². The predicted molar refractivity (Wildman–Crippen MR) is 46.4 cm³/mol. The van der Waals surface area contributed by atoms with E-state index in [0.717, 1.165) is 23.8 Å². The summed E-state index contributed by atoms with van der Waals surface area (Å²) in [6.45, 7) is 0. The van der Waals surface area contributed by atoms with Crippen molar-refractivity contribution in [2.24, 2.45) is 0 Å². The van der Waals surface area contributed by atoms with Crippen LogP contribution in [0.25, 0.3) is 0 Å². The molecular weight excluding hydrogens is 361 g/mol. The maximum atomic E-state index is 2.70. The van der Waals surface area contributed by atoms with Gasteiger partial charge in [-0.25, -0.2) is 0 Å². The van der Waals surface area contributed by atoms with Gasteiger partial charge >= 0.3 is 84.0 Å². The van der Waals surface area contributed by atoms with Gasteiger partial charge in [0.15, 0.2) is 0 Å². The van der Waals surface area contributed by atoms with Crippen molar-refractivity contribution < 1.29 is 0 Å². The minimum atomic E-state index is 0. The van der Waals surface area contributed by atoms with Crippen LogP contribution in [0.4, 0.5) is 0 Å². The summed E-state index contributed by atoms with van der Waals surface area (Å²) >= 11 is 0.972. The van der Waals surface area contributed by atoms with Gasteiger partial charge in [-0.1, -0.05) is 0 Å². The maximum absolute atomic E-state index is 2.70. The van der Waals surface area contributed by atoms with E-state index in [4.69, 9.17) is 0 Å². The van der Waals surface area contributed by atoms with E-state index in [1.165, 1.54) is 5.62 Å². The second-order valence-electron chi connectivity index (χ2n) is 0.289. The fourth-order valence-electron chi connectivity index (χ4n) is 0. The molecule has 0 rings (SSSR count). The van der Waals surface area contributed by atoms with Gasteiger partial charge in [0, 0.05) is 0 Å². The SMILES string of the molecule is P[PH][InH2].[GaH3].[InH3]. The molecule has 0 radical (unpaired) electrons. The van der Waals surface area contributed by atoms with Crippen LogP contribution < -0.4 is 0 Å². The summed E-state index contributed by atoms with van der Waals surface area (Å²) < 4.78 is 0. The normalized spacial score (nSPS) is 5.80. The molecule has 2 atom stereocenters. The third-order valence-electron chi connectivity index (χ3n) is 0. The Morgan fingerprint density at radius 2 is 1.60 bits per heavy atom. The molecule has 0 saturated heterocycles. The van der Waals surface area contributed by atoms with Gasteiger partial charge in [0.2, 0.25) is 0 Å². The minimum absolute atomic E-state index is 0. The van der Waals surface area contributed by atoms with E-state index in [0.29, 0.717) is 0 Å². The second kappa shape index (κ2) is 15.7. The summed E-state index contributed by atoms with van der Waals surface area (Å²) in [7, 11) is 2.70. The first kappa shape index (κ1) is 15.7. The van der Waals surface area contributed by atoms with Crippen LogP contribution in [0.5, 0.6) is 0 Å². The molecule has 0 fully saturated rings. The molecule has 0 aliphatic heterocycles. The van der Waals surface area contributed by atoms with E-state index in [1.54, 1.807) is 0 Å². The van der Waals surface area contributed by atoms with Crippen LogP contribution in [0.1, 0.15) is 0 Å². The molecule has 0 N–H and O–H groups in total. The molecule has 0 saturated carbocycles. The third-order valence-corrected chi connectivity index (χ3v) is 0. The van der Waals surface area contributed by atoms with Crippen molar-refractivity contribution in [3.63, 3.8) is 0 Å². The standard InChI is InChI=1S/Ga.2In.H3P2.8H/c;;;1-2;;;;;;;;/h;;;1H,2H2;;;;;;;;/q;;+1;-1;;;;;;;;. The zero-order valence-electron chi connectivity index (χ0n) is 2.08. The number of rotatable bonds is 0. The van der Waals surface area contributed by atoms with Crippen LogP contribution in [0.15, 0.2) is 0 Å². The van der Waals surface area contributed by atoms with Gasteiger partial charge in [-0.2, -0.15) is 0 Å². The van der Waals surface area contributed by atoms with E-state index < -0.39 is 0 Å². The van der Waals surface area contributed by atoms with Crippen molar-refractivity contribution in [2.75, 3.05) is 0 Å². The fraction of sp³-hybridized carbons (Fsp3) is 0. The van der Waals surface area contributed by atoms with Crippen molar-refractivity contribution in [2.45, 2.75) is 0 Å². The topological polar surface area (TPSA) is 0 Å². The van der Waals surface area contributed by atoms with Crippen LogP contribution in [-0.2, 0) is 0 Å². The molecule has 2 unspecified atom stereocenters. The predicted octanol–water partition coefficient (Wildman–Crippen LogP) is -2.36. The van der Waals surface area contributed by atoms with Gasteiger partial charge in [0.25, 0.3) is 0 Å². The Morgan fingerprint density at radius 1 is 1.60 bits per heavy atom. The first-order valence-corrected chi connectivity index (χ1v) is 12.7. The molecule has 0 aromatic carbocycles. The molecule has 0 aromatic rings. The van der Waals surface area contributed by atoms with E-state index >= 15 is 0 Å². The molecule has 0 heterocycles. The Morgan fingerprint density at radius 3 is 1.60 bits per heavy atom. The van der Waals surface area contributed by atoms with E-state index in [2.05, 4.69) is 8.93 Å². The first-order chi connectivity index (χ1) is 1.41. The van der Waals surface area contributed by atoms with Gasteiger partial charge in [0.1, 0.15) is 0 Å². The van der Waals surface area contributed by atoms with Gasteiger partial charge < -0.3 is 0 Å². The zero-order chi connectivity index (χ0) is 2.71. The van der Waals surface area contributed by atoms with Crippen molar-refractivity contribution in [1.82, 2.24) is 0 Å². The van der Waals surface area contributed by atoms with Crippen molar-refractivity contribution in [3.05, 3.63) is 0 Å². The Kier molecular flexibility index (Phi) is 49.3. The molecule has 0 amide bonds. The van der Waals surface area contributed by atoms with Crippen LogP contribution in [0.3, 0.4) is 0 Å². The molecule has 5 heteroatoms. The summed E-state index contributed by atoms with van der Waals surface area (Å²) in [5, 5.41) is 0. The molecule has 0 aliphatic rings. The summed E-state index contributed by atoms with van der Waals surface area (Å²) in [5.41, 5.74) is 1.21. The quantitative estimate of drug-likeness (QED) is 0.330. The van der Waals surface area contributed by atoms with E-state index in [9.17, 15) is 0 Å². The van der Waals surface area contributed by atoms with Gasteiger partial charge in [-0.3, -0.25) is 0 Å². The average Bonchev–Trinajstić information content (AvgIpc) is 0.918.